The van der Waals surface area contributed by atoms with Gasteiger partial charge in [-0.05, 0) is 42.9 Å². The standard InChI is InChI=1S/C12H16O2/c1-2-14-11-5-3-9(4-6-11)12-7-10(12)8-13/h3-6,10,12-13H,2,7-8H2,1H3. The van der Waals surface area contributed by atoms with Crippen LogP contribution in [0.2, 0.25) is 0 Å². The maximum Gasteiger partial charge on any atom is 0.119 e. The van der Waals surface area contributed by atoms with E-state index in [4.69, 9.17) is 9.84 Å². The molecule has 0 spiro atoms. The van der Waals surface area contributed by atoms with Gasteiger partial charge in [0.1, 0.15) is 5.75 Å². The fourth-order valence-corrected chi connectivity index (χ4v) is 1.84. The van der Waals surface area contributed by atoms with E-state index in [2.05, 4.69) is 12.1 Å². The molecule has 0 bridgehead atoms. The smallest absolute Gasteiger partial charge is 0.119 e. The highest BCUT2D eigenvalue weighted by atomic mass is 16.5. The Hall–Kier alpha value is -1.02. The number of hydrogen-bond acceptors (Lipinski definition) is 2. The fourth-order valence-electron chi connectivity index (χ4n) is 1.84. The van der Waals surface area contributed by atoms with E-state index >= 15 is 0 Å². The van der Waals surface area contributed by atoms with E-state index in [1.54, 1.807) is 0 Å². The molecule has 0 amide bonds. The summed E-state index contributed by atoms with van der Waals surface area (Å²) in [6.07, 6.45) is 1.13. The van der Waals surface area contributed by atoms with Crippen molar-refractivity contribution < 1.29 is 9.84 Å². The van der Waals surface area contributed by atoms with Crippen molar-refractivity contribution in [2.75, 3.05) is 13.2 Å². The van der Waals surface area contributed by atoms with Gasteiger partial charge in [-0.3, -0.25) is 0 Å². The van der Waals surface area contributed by atoms with Crippen molar-refractivity contribution in [3.05, 3.63) is 29.8 Å². The van der Waals surface area contributed by atoms with Crippen LogP contribution in [0.5, 0.6) is 5.75 Å². The Bertz CT molecular complexity index is 292. The first kappa shape index (κ1) is 9.53. The third-order valence-corrected chi connectivity index (χ3v) is 2.78. The Kier molecular flexibility index (Phi) is 2.73. The monoisotopic (exact) mass is 192 g/mol. The average Bonchev–Trinajstić information content (AvgIpc) is 2.99. The van der Waals surface area contributed by atoms with Crippen LogP contribution in [0.15, 0.2) is 24.3 Å². The van der Waals surface area contributed by atoms with E-state index in [0.29, 0.717) is 25.0 Å². The molecule has 2 heteroatoms. The highest BCUT2D eigenvalue weighted by Crippen LogP contribution is 2.47. The average molecular weight is 192 g/mol. The first-order valence-corrected chi connectivity index (χ1v) is 5.18. The highest BCUT2D eigenvalue weighted by molar-refractivity contribution is 5.32. The van der Waals surface area contributed by atoms with Crippen molar-refractivity contribution in [2.45, 2.75) is 19.3 Å². The second-order valence-corrected chi connectivity index (χ2v) is 3.79. The summed E-state index contributed by atoms with van der Waals surface area (Å²) in [5.41, 5.74) is 1.33. The number of aliphatic hydroxyl groups excluding tert-OH is 1. The van der Waals surface area contributed by atoms with Gasteiger partial charge in [-0.25, -0.2) is 0 Å². The molecule has 1 aromatic carbocycles. The van der Waals surface area contributed by atoms with Gasteiger partial charge in [0.2, 0.25) is 0 Å². The predicted octanol–water partition coefficient (Wildman–Crippen LogP) is 2.18. The van der Waals surface area contributed by atoms with Crippen molar-refractivity contribution in [3.63, 3.8) is 0 Å². The molecule has 0 aromatic heterocycles. The van der Waals surface area contributed by atoms with Crippen molar-refractivity contribution >= 4 is 0 Å². The van der Waals surface area contributed by atoms with E-state index in [-0.39, 0.29) is 0 Å². The SMILES string of the molecule is CCOc1ccc(C2CC2CO)cc1. The van der Waals surface area contributed by atoms with Gasteiger partial charge in [-0.15, -0.1) is 0 Å². The Morgan fingerprint density at radius 3 is 2.57 bits per heavy atom. The van der Waals surface area contributed by atoms with Crippen LogP contribution in [-0.4, -0.2) is 18.3 Å². The van der Waals surface area contributed by atoms with Crippen LogP contribution in [0, 0.1) is 5.92 Å². The minimum Gasteiger partial charge on any atom is -0.494 e. The molecule has 2 nitrogen and oxygen atoms in total. The lowest BCUT2D eigenvalue weighted by atomic mass is 10.1. The molecule has 2 unspecified atom stereocenters. The molecule has 1 fully saturated rings. The first-order chi connectivity index (χ1) is 6.85. The Morgan fingerprint density at radius 1 is 1.36 bits per heavy atom. The zero-order valence-corrected chi connectivity index (χ0v) is 8.44. The van der Waals surface area contributed by atoms with Gasteiger partial charge in [0, 0.05) is 6.61 Å². The number of aliphatic hydroxyl groups is 1. The summed E-state index contributed by atoms with van der Waals surface area (Å²) in [6, 6.07) is 8.22. The number of hydrogen-bond donors (Lipinski definition) is 1. The third-order valence-electron chi connectivity index (χ3n) is 2.78. The number of ether oxygens (including phenoxy) is 1. The van der Waals surface area contributed by atoms with Crippen LogP contribution in [-0.2, 0) is 0 Å². The zero-order valence-electron chi connectivity index (χ0n) is 8.44. The summed E-state index contributed by atoms with van der Waals surface area (Å²) < 4.78 is 5.36. The molecule has 76 valence electrons. The molecule has 0 aliphatic heterocycles. The lowest BCUT2D eigenvalue weighted by molar-refractivity contribution is 0.274. The lowest BCUT2D eigenvalue weighted by Crippen LogP contribution is -1.92. The summed E-state index contributed by atoms with van der Waals surface area (Å²) in [7, 11) is 0. The van der Waals surface area contributed by atoms with E-state index in [9.17, 15) is 0 Å². The van der Waals surface area contributed by atoms with Crippen molar-refractivity contribution in [1.82, 2.24) is 0 Å². The molecule has 1 aromatic rings. The van der Waals surface area contributed by atoms with Crippen LogP contribution in [0.25, 0.3) is 0 Å². The Balaban J connectivity index is 2.00. The molecule has 2 rings (SSSR count). The normalized spacial score (nSPS) is 24.7. The van der Waals surface area contributed by atoms with E-state index in [1.165, 1.54) is 5.56 Å². The molecule has 14 heavy (non-hydrogen) atoms. The molecule has 1 aliphatic rings. The van der Waals surface area contributed by atoms with Gasteiger partial charge in [-0.1, -0.05) is 12.1 Å². The molecule has 2 atom stereocenters. The van der Waals surface area contributed by atoms with Crippen LogP contribution in [0.1, 0.15) is 24.8 Å². The van der Waals surface area contributed by atoms with E-state index < -0.39 is 0 Å². The molecule has 1 saturated carbocycles. The Morgan fingerprint density at radius 2 is 2.07 bits per heavy atom. The molecular formula is C12H16O2. The minimum atomic E-state index is 0.317. The summed E-state index contributed by atoms with van der Waals surface area (Å²) in [6.45, 7) is 3.01. The third kappa shape index (κ3) is 1.90. The lowest BCUT2D eigenvalue weighted by Gasteiger charge is -2.04. The van der Waals surface area contributed by atoms with Gasteiger partial charge in [0.15, 0.2) is 0 Å². The van der Waals surface area contributed by atoms with Crippen LogP contribution in [0.3, 0.4) is 0 Å². The summed E-state index contributed by atoms with van der Waals surface area (Å²) in [5, 5.41) is 8.95. The van der Waals surface area contributed by atoms with Crippen LogP contribution >= 0.6 is 0 Å². The highest BCUT2D eigenvalue weighted by Gasteiger charge is 2.37. The topological polar surface area (TPSA) is 29.5 Å². The largest absolute Gasteiger partial charge is 0.494 e. The number of rotatable bonds is 4. The van der Waals surface area contributed by atoms with Crippen LogP contribution in [0.4, 0.5) is 0 Å². The maximum atomic E-state index is 8.95. The van der Waals surface area contributed by atoms with Crippen molar-refractivity contribution in [2.24, 2.45) is 5.92 Å². The van der Waals surface area contributed by atoms with Gasteiger partial charge >= 0.3 is 0 Å². The summed E-state index contributed by atoms with van der Waals surface area (Å²) in [5.74, 6) is 2.00. The summed E-state index contributed by atoms with van der Waals surface area (Å²) in [4.78, 5) is 0. The van der Waals surface area contributed by atoms with Gasteiger partial charge in [-0.2, -0.15) is 0 Å². The second-order valence-electron chi connectivity index (χ2n) is 3.79. The molecular weight excluding hydrogens is 176 g/mol. The molecule has 0 heterocycles. The summed E-state index contributed by atoms with van der Waals surface area (Å²) >= 11 is 0. The second kappa shape index (κ2) is 4.01. The fraction of sp³-hybridized carbons (Fsp3) is 0.500. The van der Waals surface area contributed by atoms with Gasteiger partial charge < -0.3 is 9.84 Å². The van der Waals surface area contributed by atoms with Gasteiger partial charge in [0.05, 0.1) is 6.61 Å². The maximum absolute atomic E-state index is 8.95. The Labute approximate surface area is 84.5 Å². The van der Waals surface area contributed by atoms with Crippen LogP contribution < -0.4 is 4.74 Å². The molecule has 1 N–H and O–H groups in total. The number of benzene rings is 1. The molecule has 0 saturated heterocycles. The van der Waals surface area contributed by atoms with E-state index in [0.717, 1.165) is 12.2 Å². The van der Waals surface area contributed by atoms with E-state index in [1.807, 2.05) is 19.1 Å². The zero-order chi connectivity index (χ0) is 9.97. The van der Waals surface area contributed by atoms with Crippen molar-refractivity contribution in [1.29, 1.82) is 0 Å². The van der Waals surface area contributed by atoms with Crippen molar-refractivity contribution in [3.8, 4) is 5.75 Å². The quantitative estimate of drug-likeness (QED) is 0.792. The minimum absolute atomic E-state index is 0.317. The first-order valence-electron chi connectivity index (χ1n) is 5.18. The molecule has 0 radical (unpaired) electrons. The van der Waals surface area contributed by atoms with Gasteiger partial charge in [0.25, 0.3) is 0 Å². The predicted molar refractivity (Wildman–Crippen MR) is 55.5 cm³/mol. The molecule has 1 aliphatic carbocycles.